The first-order valence-corrected chi connectivity index (χ1v) is 4.04. The summed E-state index contributed by atoms with van der Waals surface area (Å²) < 4.78 is 4.60. The molecule has 0 saturated heterocycles. The second-order valence-electron chi connectivity index (χ2n) is 4.01. The fraction of sp³-hybridized carbons (Fsp3) is 0.750. The van der Waals surface area contributed by atoms with Gasteiger partial charge in [-0.1, -0.05) is 25.9 Å². The summed E-state index contributed by atoms with van der Waals surface area (Å²) in [5.41, 5.74) is 0.295. The van der Waals surface area contributed by atoms with Gasteiger partial charge in [0, 0.05) is 6.54 Å². The van der Waals surface area contributed by atoms with Gasteiger partial charge in [0.1, 0.15) is 0 Å². The second kappa shape index (κ2) is 3.67. The number of hydrogen-bond acceptors (Lipinski definition) is 4. The van der Waals surface area contributed by atoms with E-state index in [1.165, 1.54) is 6.39 Å². The minimum absolute atomic E-state index is 0.295. The lowest BCUT2D eigenvalue weighted by molar-refractivity contribution is 0.369. The van der Waals surface area contributed by atoms with Crippen LogP contribution in [0.15, 0.2) is 10.9 Å². The molecule has 0 aliphatic rings. The highest BCUT2D eigenvalue weighted by Gasteiger charge is 2.09. The average molecular weight is 169 g/mol. The Labute approximate surface area is 72.4 Å². The summed E-state index contributed by atoms with van der Waals surface area (Å²) in [5.74, 6) is 0.708. The van der Waals surface area contributed by atoms with Crippen LogP contribution in [-0.4, -0.2) is 16.7 Å². The van der Waals surface area contributed by atoms with E-state index in [0.717, 1.165) is 6.54 Å². The Morgan fingerprint density at radius 1 is 1.50 bits per heavy atom. The summed E-state index contributed by atoms with van der Waals surface area (Å²) in [5, 5.41) is 6.93. The summed E-state index contributed by atoms with van der Waals surface area (Å²) in [4.78, 5) is 3.90. The largest absolute Gasteiger partial charge is 0.343 e. The first kappa shape index (κ1) is 9.19. The van der Waals surface area contributed by atoms with Gasteiger partial charge in [-0.05, 0) is 5.41 Å². The minimum Gasteiger partial charge on any atom is -0.343 e. The highest BCUT2D eigenvalue weighted by molar-refractivity contribution is 4.77. The lowest BCUT2D eigenvalue weighted by atomic mass is 9.97. The van der Waals surface area contributed by atoms with Gasteiger partial charge in [0.05, 0.1) is 6.54 Å². The molecule has 4 heteroatoms. The van der Waals surface area contributed by atoms with Crippen molar-refractivity contribution in [3.8, 4) is 0 Å². The molecule has 1 N–H and O–H groups in total. The van der Waals surface area contributed by atoms with Crippen LogP contribution in [0.25, 0.3) is 0 Å². The van der Waals surface area contributed by atoms with Crippen molar-refractivity contribution >= 4 is 0 Å². The van der Waals surface area contributed by atoms with Gasteiger partial charge in [0.25, 0.3) is 0 Å². The molecule has 0 unspecified atom stereocenters. The van der Waals surface area contributed by atoms with E-state index in [9.17, 15) is 0 Å². The van der Waals surface area contributed by atoms with Crippen molar-refractivity contribution in [2.75, 3.05) is 6.54 Å². The number of rotatable bonds is 3. The number of hydrogen-bond donors (Lipinski definition) is 1. The third-order valence-electron chi connectivity index (χ3n) is 1.35. The number of nitrogens with one attached hydrogen (secondary N) is 1. The molecule has 1 aromatic rings. The van der Waals surface area contributed by atoms with Gasteiger partial charge in [0.2, 0.25) is 6.39 Å². The summed E-state index contributed by atoms with van der Waals surface area (Å²) >= 11 is 0. The SMILES string of the molecule is CC(C)(C)CNCc1ncon1. The van der Waals surface area contributed by atoms with Crippen LogP contribution in [0.4, 0.5) is 0 Å². The molecule has 0 saturated carbocycles. The first-order chi connectivity index (χ1) is 5.58. The highest BCUT2D eigenvalue weighted by Crippen LogP contribution is 2.10. The van der Waals surface area contributed by atoms with Crippen molar-refractivity contribution in [2.45, 2.75) is 27.3 Å². The Hall–Kier alpha value is -0.900. The summed E-state index contributed by atoms with van der Waals surface area (Å²) in [6, 6.07) is 0. The smallest absolute Gasteiger partial charge is 0.213 e. The Balaban J connectivity index is 2.20. The Morgan fingerprint density at radius 2 is 2.25 bits per heavy atom. The predicted molar refractivity (Wildman–Crippen MR) is 45.5 cm³/mol. The lowest BCUT2D eigenvalue weighted by Gasteiger charge is -2.17. The molecular weight excluding hydrogens is 154 g/mol. The summed E-state index contributed by atoms with van der Waals surface area (Å²) in [6.07, 6.45) is 1.34. The third kappa shape index (κ3) is 3.48. The fourth-order valence-corrected chi connectivity index (χ4v) is 0.820. The van der Waals surface area contributed by atoms with Crippen molar-refractivity contribution in [1.29, 1.82) is 0 Å². The first-order valence-electron chi connectivity index (χ1n) is 4.04. The van der Waals surface area contributed by atoms with Crippen LogP contribution in [0.3, 0.4) is 0 Å². The van der Waals surface area contributed by atoms with E-state index < -0.39 is 0 Å². The molecule has 0 spiro atoms. The molecule has 1 rings (SSSR count). The van der Waals surface area contributed by atoms with Crippen molar-refractivity contribution in [1.82, 2.24) is 15.5 Å². The highest BCUT2D eigenvalue weighted by atomic mass is 16.5. The fourth-order valence-electron chi connectivity index (χ4n) is 0.820. The molecule has 0 radical (unpaired) electrons. The van der Waals surface area contributed by atoms with Crippen molar-refractivity contribution in [3.05, 3.63) is 12.2 Å². The quantitative estimate of drug-likeness (QED) is 0.738. The molecule has 0 aliphatic carbocycles. The zero-order valence-corrected chi connectivity index (χ0v) is 7.79. The van der Waals surface area contributed by atoms with Crippen LogP contribution in [0.5, 0.6) is 0 Å². The Kier molecular flexibility index (Phi) is 2.81. The predicted octanol–water partition coefficient (Wildman–Crippen LogP) is 1.21. The summed E-state index contributed by atoms with van der Waals surface area (Å²) in [7, 11) is 0. The maximum Gasteiger partial charge on any atom is 0.213 e. The molecule has 1 aromatic heterocycles. The molecule has 0 amide bonds. The monoisotopic (exact) mass is 169 g/mol. The van der Waals surface area contributed by atoms with Gasteiger partial charge in [0.15, 0.2) is 5.82 Å². The van der Waals surface area contributed by atoms with Gasteiger partial charge in [-0.3, -0.25) is 0 Å². The van der Waals surface area contributed by atoms with Crippen molar-refractivity contribution in [2.24, 2.45) is 5.41 Å². The van der Waals surface area contributed by atoms with E-state index in [4.69, 9.17) is 0 Å². The van der Waals surface area contributed by atoms with E-state index in [0.29, 0.717) is 17.8 Å². The van der Waals surface area contributed by atoms with Crippen molar-refractivity contribution in [3.63, 3.8) is 0 Å². The standard InChI is InChI=1S/C8H15N3O/c1-8(2,3)5-9-4-7-10-6-12-11-7/h6,9H,4-5H2,1-3H3. The third-order valence-corrected chi connectivity index (χ3v) is 1.35. The van der Waals surface area contributed by atoms with Gasteiger partial charge in [-0.15, -0.1) is 0 Å². The van der Waals surface area contributed by atoms with Crippen LogP contribution in [0.1, 0.15) is 26.6 Å². The van der Waals surface area contributed by atoms with Crippen LogP contribution in [0, 0.1) is 5.41 Å². The molecule has 0 atom stereocenters. The van der Waals surface area contributed by atoms with Gasteiger partial charge < -0.3 is 9.84 Å². The van der Waals surface area contributed by atoms with Gasteiger partial charge in [-0.25, -0.2) is 0 Å². The molecule has 0 aliphatic heterocycles. The van der Waals surface area contributed by atoms with Gasteiger partial charge >= 0.3 is 0 Å². The molecule has 0 bridgehead atoms. The zero-order chi connectivity index (χ0) is 9.03. The van der Waals surface area contributed by atoms with E-state index in [1.807, 2.05) is 0 Å². The molecular formula is C8H15N3O. The topological polar surface area (TPSA) is 51.0 Å². The molecule has 68 valence electrons. The van der Waals surface area contributed by atoms with Crippen molar-refractivity contribution < 1.29 is 4.52 Å². The van der Waals surface area contributed by atoms with E-state index in [-0.39, 0.29) is 0 Å². The molecule has 0 fully saturated rings. The maximum atomic E-state index is 4.60. The van der Waals surface area contributed by atoms with E-state index in [2.05, 4.69) is 40.8 Å². The number of aromatic nitrogens is 2. The van der Waals surface area contributed by atoms with Gasteiger partial charge in [-0.2, -0.15) is 4.98 Å². The van der Waals surface area contributed by atoms with E-state index in [1.54, 1.807) is 0 Å². The molecule has 4 nitrogen and oxygen atoms in total. The summed E-state index contributed by atoms with van der Waals surface area (Å²) in [6.45, 7) is 8.15. The maximum absolute atomic E-state index is 4.60. The lowest BCUT2D eigenvalue weighted by Crippen LogP contribution is -2.26. The molecule has 12 heavy (non-hydrogen) atoms. The van der Waals surface area contributed by atoms with E-state index >= 15 is 0 Å². The second-order valence-corrected chi connectivity index (χ2v) is 4.01. The average Bonchev–Trinajstić information content (AvgIpc) is 2.36. The minimum atomic E-state index is 0.295. The Morgan fingerprint density at radius 3 is 2.75 bits per heavy atom. The molecule has 0 aromatic carbocycles. The van der Waals surface area contributed by atoms with Crippen LogP contribution in [-0.2, 0) is 6.54 Å². The zero-order valence-electron chi connectivity index (χ0n) is 7.79. The molecule has 1 heterocycles. The normalized spacial score (nSPS) is 11.9. The Bertz CT molecular complexity index is 213. The number of nitrogens with zero attached hydrogens (tertiary/aromatic N) is 2. The van der Waals surface area contributed by atoms with Crippen LogP contribution < -0.4 is 5.32 Å². The van der Waals surface area contributed by atoms with Crippen LogP contribution >= 0.6 is 0 Å². The van der Waals surface area contributed by atoms with Crippen LogP contribution in [0.2, 0.25) is 0 Å².